The standard InChI is InChI=1S/C29H31Cl2N3O3/c1-18(27(36)32-29(2,3)4)34(17-19-13-14-22(30)23(31)16-19)25(35)12-7-15-33-24-11-6-9-20-8-5-10-21(26(20)24)28(33)37/h5-6,8-11,13-14,16,18H,7,12,15,17H2,1-4H3,(H,32,36)/t18-/m1/s1. The first-order valence-electron chi connectivity index (χ1n) is 12.4. The summed E-state index contributed by atoms with van der Waals surface area (Å²) in [7, 11) is 0. The average molecular weight is 540 g/mol. The fourth-order valence-corrected chi connectivity index (χ4v) is 4.95. The maximum atomic E-state index is 13.5. The van der Waals surface area contributed by atoms with Crippen molar-refractivity contribution < 1.29 is 14.4 Å². The Hall–Kier alpha value is -3.09. The topological polar surface area (TPSA) is 69.7 Å². The zero-order chi connectivity index (χ0) is 26.9. The van der Waals surface area contributed by atoms with Gasteiger partial charge in [0.1, 0.15) is 6.04 Å². The van der Waals surface area contributed by atoms with E-state index < -0.39 is 11.6 Å². The van der Waals surface area contributed by atoms with E-state index >= 15 is 0 Å². The molecule has 3 aromatic carbocycles. The summed E-state index contributed by atoms with van der Waals surface area (Å²) in [6.45, 7) is 8.03. The summed E-state index contributed by atoms with van der Waals surface area (Å²) in [6, 6.07) is 16.1. The van der Waals surface area contributed by atoms with E-state index in [0.717, 1.165) is 22.0 Å². The largest absolute Gasteiger partial charge is 0.350 e. The molecule has 0 aliphatic carbocycles. The van der Waals surface area contributed by atoms with E-state index in [4.69, 9.17) is 23.2 Å². The van der Waals surface area contributed by atoms with E-state index in [1.54, 1.807) is 34.9 Å². The van der Waals surface area contributed by atoms with Crippen molar-refractivity contribution >= 4 is 57.4 Å². The predicted molar refractivity (Wildman–Crippen MR) is 149 cm³/mol. The Kier molecular flexibility index (Phi) is 7.81. The van der Waals surface area contributed by atoms with Crippen molar-refractivity contribution in [2.75, 3.05) is 11.4 Å². The maximum absolute atomic E-state index is 13.5. The lowest BCUT2D eigenvalue weighted by Gasteiger charge is -2.31. The molecule has 0 spiro atoms. The van der Waals surface area contributed by atoms with Gasteiger partial charge in [-0.15, -0.1) is 0 Å². The first-order valence-corrected chi connectivity index (χ1v) is 13.1. The lowest BCUT2D eigenvalue weighted by Crippen LogP contribution is -2.52. The number of hydrogen-bond acceptors (Lipinski definition) is 3. The minimum absolute atomic E-state index is 0.0511. The molecule has 0 fully saturated rings. The van der Waals surface area contributed by atoms with Crippen molar-refractivity contribution in [3.8, 4) is 0 Å². The molecule has 1 aliphatic rings. The van der Waals surface area contributed by atoms with Crippen molar-refractivity contribution in [2.45, 2.75) is 58.7 Å². The van der Waals surface area contributed by atoms with Gasteiger partial charge in [-0.2, -0.15) is 0 Å². The molecule has 1 atom stereocenters. The number of anilines is 1. The minimum Gasteiger partial charge on any atom is -0.350 e. The number of carbonyl (C=O) groups is 3. The van der Waals surface area contributed by atoms with E-state index in [-0.39, 0.29) is 30.7 Å². The number of hydrogen-bond donors (Lipinski definition) is 1. The number of carbonyl (C=O) groups excluding carboxylic acids is 3. The molecule has 1 heterocycles. The fraction of sp³-hybridized carbons (Fsp3) is 0.345. The Morgan fingerprint density at radius 2 is 1.73 bits per heavy atom. The van der Waals surface area contributed by atoms with Gasteiger partial charge in [0.2, 0.25) is 11.8 Å². The van der Waals surface area contributed by atoms with Gasteiger partial charge in [-0.25, -0.2) is 0 Å². The third kappa shape index (κ3) is 5.91. The van der Waals surface area contributed by atoms with Crippen LogP contribution < -0.4 is 10.2 Å². The van der Waals surface area contributed by atoms with Crippen molar-refractivity contribution in [1.82, 2.24) is 10.2 Å². The highest BCUT2D eigenvalue weighted by atomic mass is 35.5. The third-order valence-corrected chi connectivity index (χ3v) is 7.16. The predicted octanol–water partition coefficient (Wildman–Crippen LogP) is 6.22. The summed E-state index contributed by atoms with van der Waals surface area (Å²) < 4.78 is 0. The lowest BCUT2D eigenvalue weighted by molar-refractivity contribution is -0.141. The summed E-state index contributed by atoms with van der Waals surface area (Å²) >= 11 is 12.3. The summed E-state index contributed by atoms with van der Waals surface area (Å²) in [4.78, 5) is 42.8. The Balaban J connectivity index is 1.48. The number of amides is 3. The van der Waals surface area contributed by atoms with Crippen molar-refractivity contribution in [3.05, 3.63) is 75.8 Å². The molecule has 8 heteroatoms. The van der Waals surface area contributed by atoms with Crippen LogP contribution in [0.3, 0.4) is 0 Å². The van der Waals surface area contributed by atoms with Crippen LogP contribution in [0.4, 0.5) is 5.69 Å². The molecule has 1 N–H and O–H groups in total. The second kappa shape index (κ2) is 10.7. The number of rotatable bonds is 8. The Morgan fingerprint density at radius 1 is 1.03 bits per heavy atom. The Morgan fingerprint density at radius 3 is 2.41 bits per heavy atom. The van der Waals surface area contributed by atoms with Gasteiger partial charge in [0.15, 0.2) is 0 Å². The number of benzene rings is 3. The number of nitrogens with zero attached hydrogens (tertiary/aromatic N) is 2. The van der Waals surface area contributed by atoms with Gasteiger partial charge < -0.3 is 15.1 Å². The minimum atomic E-state index is -0.701. The molecule has 0 saturated heterocycles. The first-order chi connectivity index (χ1) is 17.5. The van der Waals surface area contributed by atoms with Crippen LogP contribution >= 0.6 is 23.2 Å². The van der Waals surface area contributed by atoms with Gasteiger partial charge >= 0.3 is 0 Å². The smallest absolute Gasteiger partial charge is 0.258 e. The molecule has 0 saturated carbocycles. The summed E-state index contributed by atoms with van der Waals surface area (Å²) in [6.07, 6.45) is 0.644. The first kappa shape index (κ1) is 27.0. The molecular weight excluding hydrogens is 509 g/mol. The van der Waals surface area contributed by atoms with E-state index in [9.17, 15) is 14.4 Å². The zero-order valence-electron chi connectivity index (χ0n) is 21.5. The molecule has 3 amide bonds. The molecule has 3 aromatic rings. The summed E-state index contributed by atoms with van der Waals surface area (Å²) in [5.74, 6) is -0.465. The molecule has 0 radical (unpaired) electrons. The van der Waals surface area contributed by atoms with Crippen molar-refractivity contribution in [1.29, 1.82) is 0 Å². The zero-order valence-corrected chi connectivity index (χ0v) is 23.0. The van der Waals surface area contributed by atoms with Crippen LogP contribution in [0.15, 0.2) is 54.6 Å². The SMILES string of the molecule is C[C@H](C(=O)NC(C)(C)C)N(Cc1ccc(Cl)c(Cl)c1)C(=O)CCCN1C(=O)c2cccc3cccc1c23. The van der Waals surface area contributed by atoms with Gasteiger partial charge in [-0.1, -0.05) is 53.5 Å². The molecule has 0 unspecified atom stereocenters. The average Bonchev–Trinajstić information content (AvgIpc) is 3.11. The lowest BCUT2D eigenvalue weighted by atomic mass is 10.1. The second-order valence-corrected chi connectivity index (χ2v) is 11.2. The fourth-order valence-electron chi connectivity index (χ4n) is 4.62. The molecule has 37 heavy (non-hydrogen) atoms. The normalized spacial score (nSPS) is 13.7. The van der Waals surface area contributed by atoms with Crippen LogP contribution in [0.1, 0.15) is 56.5 Å². The molecule has 1 aliphatic heterocycles. The number of halogens is 2. The van der Waals surface area contributed by atoms with Gasteiger partial charge in [0.25, 0.3) is 5.91 Å². The summed E-state index contributed by atoms with van der Waals surface area (Å²) in [5, 5.41) is 5.74. The second-order valence-electron chi connectivity index (χ2n) is 10.4. The molecule has 0 bridgehead atoms. The third-order valence-electron chi connectivity index (χ3n) is 6.42. The Labute approximate surface area is 227 Å². The monoisotopic (exact) mass is 539 g/mol. The summed E-state index contributed by atoms with van der Waals surface area (Å²) in [5.41, 5.74) is 1.90. The highest BCUT2D eigenvalue weighted by Gasteiger charge is 2.31. The van der Waals surface area contributed by atoms with Crippen LogP contribution in [-0.2, 0) is 16.1 Å². The quantitative estimate of drug-likeness (QED) is 0.369. The van der Waals surface area contributed by atoms with Gasteiger partial charge in [-0.05, 0) is 69.3 Å². The molecule has 0 aromatic heterocycles. The van der Waals surface area contributed by atoms with Gasteiger partial charge in [0.05, 0.1) is 15.7 Å². The van der Waals surface area contributed by atoms with Crippen molar-refractivity contribution in [2.24, 2.45) is 0 Å². The molecule has 194 valence electrons. The van der Waals surface area contributed by atoms with Gasteiger partial charge in [0, 0.05) is 36.0 Å². The maximum Gasteiger partial charge on any atom is 0.258 e. The Bertz CT molecular complexity index is 1360. The highest BCUT2D eigenvalue weighted by Crippen LogP contribution is 2.37. The van der Waals surface area contributed by atoms with E-state index in [1.165, 1.54) is 0 Å². The van der Waals surface area contributed by atoms with Crippen molar-refractivity contribution in [3.63, 3.8) is 0 Å². The van der Waals surface area contributed by atoms with Crippen LogP contribution in [0.2, 0.25) is 10.0 Å². The van der Waals surface area contributed by atoms with E-state index in [0.29, 0.717) is 28.6 Å². The van der Waals surface area contributed by atoms with E-state index in [2.05, 4.69) is 5.32 Å². The van der Waals surface area contributed by atoms with Gasteiger partial charge in [-0.3, -0.25) is 14.4 Å². The molecule has 4 rings (SSSR count). The number of nitrogens with one attached hydrogen (secondary N) is 1. The van der Waals surface area contributed by atoms with Crippen LogP contribution in [0.5, 0.6) is 0 Å². The highest BCUT2D eigenvalue weighted by molar-refractivity contribution is 6.42. The van der Waals surface area contributed by atoms with Crippen LogP contribution in [0.25, 0.3) is 10.8 Å². The molecular formula is C29H31Cl2N3O3. The van der Waals surface area contributed by atoms with Crippen LogP contribution in [-0.4, -0.2) is 40.7 Å². The van der Waals surface area contributed by atoms with Crippen LogP contribution in [0, 0.1) is 0 Å². The van der Waals surface area contributed by atoms with E-state index in [1.807, 2.05) is 57.2 Å². The molecule has 6 nitrogen and oxygen atoms in total.